The molecule has 4 saturated heterocycles. The SMILES string of the molecule is O=C(O)CN(CCN(CC(=O)O)CC(=O)N(CCNC(=O)[C@H](O)[C@@H](O)[C@@H](CCO)O[C@H]1O[C@H](CO)[C@@H](O)[C@H](O)[C@H]1O)CCNC(=O)[C@H](O)[C@@H](O)[C@@H](CCO)O[C@@H]1O[C@H](CO)[C@@H](O)[C@H](O)[C@H]1O)CCN(CC(=O)O)CC(=O)N(CCNC(=O)[C@H](O)[C@@H](O)[C@@H](CCO)O[C@@H]1O[C@H](CO)[C@@H](O)[C@H](O)[C@H]1O)CCNC(=O)[C@H](O)[C@@H](O)[C@@H](CCO)O[C@@H]1O[C@H](CO)[C@@H](O)[C@H](O)[C@H]1O. The Bertz CT molecular complexity index is 2930. The van der Waals surface area contributed by atoms with Crippen LogP contribution in [0.15, 0.2) is 0 Å². The number of hydrogen-bond acceptors (Lipinski definition) is 48. The molecule has 6 amide bonds. The molecule has 4 fully saturated rings. The van der Waals surface area contributed by atoms with Crippen molar-refractivity contribution in [1.29, 1.82) is 0 Å². The summed E-state index contributed by atoms with van der Waals surface area (Å²) in [4.78, 5) is 125. The summed E-state index contributed by atoms with van der Waals surface area (Å²) in [7, 11) is 0. The molecule has 4 heterocycles. The molecule has 57 heteroatoms. The molecular formula is C70H125N9O48. The van der Waals surface area contributed by atoms with E-state index in [0.717, 1.165) is 24.5 Å². The van der Waals surface area contributed by atoms with E-state index in [-0.39, 0.29) is 0 Å². The normalized spacial score (nSPS) is 29.3. The molecule has 0 radical (unpaired) electrons. The highest BCUT2D eigenvalue weighted by Gasteiger charge is 2.51. The number of amides is 6. The topological polar surface area (TPSA) is 919 Å². The molecule has 32 atom stereocenters. The Morgan fingerprint density at radius 3 is 0.661 bits per heavy atom. The standard InChI is InChI=1S/C70H125N9O48/c80-17-1-30(120-67-59(112)51(104)47(100)34(26-84)124-67)43(96)55(108)63(116)71-5-9-78(10-6-72-64(117)56(109)44(97)31(2-18-81)121-68-60(113)52(105)48(101)35(27-85)125-68)38(88)21-76(24-41(92)93)15-13-75(23-40(90)91)14-16-77(25-42(94)95)22-39(89)79(11-7-73-65(118)57(110)45(98)32(3-19-82)122-69-61(114)53(106)49(102)36(28-86)126-69)12-8-74-66(119)58(111)46(99)33(4-20-83)123-70-62(115)54(107)50(103)37(29-87)127-70/h30-37,43-62,67-70,80-87,96-115H,1-29H2,(H,71,116)(H,72,117)(H,73,118)(H,74,119)(H,90,91)(H,92,93)(H,94,95)/t30-,31-,32-,33-,34-,35-,36-,37-,43+,44+,45+,46+,47-,48-,49-,50-,51+,52+,53+,54+,55-,56-,57-,58-,59-,60-,61-,62-,67-,68-,69-,70+/m1/s1. The van der Waals surface area contributed by atoms with Crippen molar-refractivity contribution in [3.05, 3.63) is 0 Å². The number of nitrogens with zero attached hydrogens (tertiary/aromatic N) is 5. The Morgan fingerprint density at radius 1 is 0.276 bits per heavy atom. The van der Waals surface area contributed by atoms with Gasteiger partial charge in [0.2, 0.25) is 11.8 Å². The molecule has 0 aromatic carbocycles. The molecule has 0 aliphatic carbocycles. The van der Waals surface area contributed by atoms with E-state index in [1.54, 1.807) is 0 Å². The third-order valence-corrected chi connectivity index (χ3v) is 20.9. The van der Waals surface area contributed by atoms with Gasteiger partial charge in [0.05, 0.1) is 83.6 Å². The average Bonchev–Trinajstić information content (AvgIpc) is 0.819. The number of carboxylic acids is 3. The fraction of sp³-hybridized carbons (Fsp3) is 0.871. The molecule has 0 spiro atoms. The van der Waals surface area contributed by atoms with Crippen LogP contribution in [0.25, 0.3) is 0 Å². The van der Waals surface area contributed by atoms with Gasteiger partial charge in [0.15, 0.2) is 49.6 Å². The van der Waals surface area contributed by atoms with Crippen LogP contribution in [0, 0.1) is 0 Å². The second-order valence-electron chi connectivity index (χ2n) is 30.1. The summed E-state index contributed by atoms with van der Waals surface area (Å²) < 4.78 is 43.0. The number of carboxylic acid groups (broad SMARTS) is 3. The summed E-state index contributed by atoms with van der Waals surface area (Å²) in [6.45, 7) is -19.8. The molecule has 0 saturated carbocycles. The van der Waals surface area contributed by atoms with Gasteiger partial charge in [0.25, 0.3) is 23.6 Å². The van der Waals surface area contributed by atoms with Crippen LogP contribution in [-0.4, -0.2) is 596 Å². The van der Waals surface area contributed by atoms with Gasteiger partial charge in [-0.2, -0.15) is 0 Å². The van der Waals surface area contributed by atoms with Crippen molar-refractivity contribution in [2.45, 2.75) is 222 Å². The Hall–Kier alpha value is -6.33. The maximum absolute atomic E-state index is 14.5. The number of hydrogen-bond donors (Lipinski definition) is 35. The van der Waals surface area contributed by atoms with Crippen molar-refractivity contribution in [2.24, 2.45) is 0 Å². The fourth-order valence-electron chi connectivity index (χ4n) is 13.4. The number of rotatable bonds is 60. The van der Waals surface area contributed by atoms with Gasteiger partial charge < -0.3 is 227 Å². The first kappa shape index (κ1) is 113. The molecule has 0 aromatic rings. The first-order chi connectivity index (χ1) is 59.9. The van der Waals surface area contributed by atoms with E-state index < -0.39 is 439 Å². The van der Waals surface area contributed by atoms with Crippen LogP contribution < -0.4 is 21.3 Å². The third-order valence-electron chi connectivity index (χ3n) is 20.9. The Balaban J connectivity index is 1.61. The van der Waals surface area contributed by atoms with Gasteiger partial charge in [0.1, 0.15) is 122 Å². The van der Waals surface area contributed by atoms with Gasteiger partial charge in [-0.1, -0.05) is 0 Å². The molecule has 4 aliphatic heterocycles. The van der Waals surface area contributed by atoms with E-state index in [2.05, 4.69) is 21.3 Å². The summed E-state index contributed by atoms with van der Waals surface area (Å²) >= 11 is 0. The lowest BCUT2D eigenvalue weighted by Gasteiger charge is -2.41. The van der Waals surface area contributed by atoms with Crippen LogP contribution in [0.1, 0.15) is 25.7 Å². The molecule has 0 aromatic heterocycles. The summed E-state index contributed by atoms with van der Waals surface area (Å²) in [5, 5.41) is 330. The minimum Gasteiger partial charge on any atom is -0.480 e. The lowest BCUT2D eigenvalue weighted by Crippen LogP contribution is -2.61. The highest BCUT2D eigenvalue weighted by atomic mass is 16.7. The lowest BCUT2D eigenvalue weighted by atomic mass is 9.98. The van der Waals surface area contributed by atoms with Gasteiger partial charge in [-0.3, -0.25) is 57.9 Å². The first-order valence-electron chi connectivity index (χ1n) is 40.1. The van der Waals surface area contributed by atoms with E-state index in [0.29, 0.717) is 0 Å². The van der Waals surface area contributed by atoms with Crippen molar-refractivity contribution in [3.63, 3.8) is 0 Å². The predicted octanol–water partition coefficient (Wildman–Crippen LogP) is -23.6. The maximum Gasteiger partial charge on any atom is 0.317 e. The number of carbonyl (C=O) groups excluding carboxylic acids is 6. The number of aliphatic hydroxyl groups is 28. The maximum atomic E-state index is 14.5. The van der Waals surface area contributed by atoms with Crippen LogP contribution in [0.4, 0.5) is 0 Å². The molecule has 738 valence electrons. The quantitative estimate of drug-likeness (QED) is 0.0269. The molecule has 4 rings (SSSR count). The molecular weight excluding hydrogens is 1730 g/mol. The lowest BCUT2D eigenvalue weighted by molar-refractivity contribution is -0.319. The zero-order chi connectivity index (χ0) is 95.5. The van der Waals surface area contributed by atoms with Crippen molar-refractivity contribution >= 4 is 53.4 Å². The summed E-state index contributed by atoms with van der Waals surface area (Å²) in [5.74, 6) is -12.7. The summed E-state index contributed by atoms with van der Waals surface area (Å²) in [6, 6.07) is 0. The van der Waals surface area contributed by atoms with E-state index in [9.17, 15) is 201 Å². The van der Waals surface area contributed by atoms with E-state index in [4.69, 9.17) is 37.9 Å². The summed E-state index contributed by atoms with van der Waals surface area (Å²) in [6.07, 6.45) is -66.9. The number of aliphatic carboxylic acids is 3. The van der Waals surface area contributed by atoms with Gasteiger partial charge in [-0.25, -0.2) is 0 Å². The minimum absolute atomic E-state index is 0.531. The van der Waals surface area contributed by atoms with Crippen LogP contribution in [-0.2, 0) is 81.0 Å². The van der Waals surface area contributed by atoms with Gasteiger partial charge in [0, 0.05) is 105 Å². The number of nitrogens with one attached hydrogen (secondary N) is 4. The van der Waals surface area contributed by atoms with E-state index in [1.807, 2.05) is 0 Å². The van der Waals surface area contributed by atoms with Crippen molar-refractivity contribution in [2.75, 3.05) is 164 Å². The second kappa shape index (κ2) is 56.5. The number of ether oxygens (including phenoxy) is 8. The van der Waals surface area contributed by atoms with Crippen molar-refractivity contribution in [1.82, 2.24) is 45.8 Å². The number of aliphatic hydroxyl groups excluding tert-OH is 28. The molecule has 57 nitrogen and oxygen atoms in total. The smallest absolute Gasteiger partial charge is 0.317 e. The molecule has 0 bridgehead atoms. The zero-order valence-corrected chi connectivity index (χ0v) is 68.5. The Labute approximate surface area is 722 Å². The van der Waals surface area contributed by atoms with Gasteiger partial charge in [-0.05, 0) is 25.7 Å². The molecule has 35 N–H and O–H groups in total. The Morgan fingerprint density at radius 2 is 0.472 bits per heavy atom. The fourth-order valence-corrected chi connectivity index (χ4v) is 13.4. The predicted molar refractivity (Wildman–Crippen MR) is 407 cm³/mol. The monoisotopic (exact) mass is 1860 g/mol. The minimum atomic E-state index is -2.51. The highest BCUT2D eigenvalue weighted by molar-refractivity contribution is 5.84. The third kappa shape index (κ3) is 34.3. The largest absolute Gasteiger partial charge is 0.480 e. The van der Waals surface area contributed by atoms with E-state index in [1.165, 1.54) is 0 Å². The van der Waals surface area contributed by atoms with Gasteiger partial charge >= 0.3 is 17.9 Å². The molecule has 0 unspecified atom stereocenters. The van der Waals surface area contributed by atoms with Crippen LogP contribution >= 0.6 is 0 Å². The van der Waals surface area contributed by atoms with Gasteiger partial charge in [-0.15, -0.1) is 0 Å². The van der Waals surface area contributed by atoms with Crippen LogP contribution in [0.3, 0.4) is 0 Å². The van der Waals surface area contributed by atoms with Crippen molar-refractivity contribution in [3.8, 4) is 0 Å². The van der Waals surface area contributed by atoms with Crippen LogP contribution in [0.2, 0.25) is 0 Å². The molecule has 127 heavy (non-hydrogen) atoms. The van der Waals surface area contributed by atoms with Crippen LogP contribution in [0.5, 0.6) is 0 Å². The second-order valence-corrected chi connectivity index (χ2v) is 30.1. The first-order valence-corrected chi connectivity index (χ1v) is 40.1. The van der Waals surface area contributed by atoms with Crippen molar-refractivity contribution < 1.29 is 239 Å². The summed E-state index contributed by atoms with van der Waals surface area (Å²) in [5.41, 5.74) is 0. The van der Waals surface area contributed by atoms with E-state index >= 15 is 0 Å². The Kier molecular flexibility index (Phi) is 50.3. The number of carbonyl (C=O) groups is 9. The highest BCUT2D eigenvalue weighted by Crippen LogP contribution is 2.30. The average molecular weight is 1860 g/mol. The zero-order valence-electron chi connectivity index (χ0n) is 68.5. The molecule has 4 aliphatic rings.